The lowest BCUT2D eigenvalue weighted by Crippen LogP contribution is -1.94. The largest absolute Gasteiger partial charge is 0.241 e. The van der Waals surface area contributed by atoms with Crippen molar-refractivity contribution in [2.24, 2.45) is 5.92 Å². The van der Waals surface area contributed by atoms with Crippen LogP contribution in [0.3, 0.4) is 0 Å². The maximum absolute atomic E-state index is 4.85. The van der Waals surface area contributed by atoms with E-state index < -0.39 is 0 Å². The summed E-state index contributed by atoms with van der Waals surface area (Å²) in [6.07, 6.45) is 5.40. The molecule has 2 aromatic rings. The number of aromatic nitrogens is 1. The molecule has 0 N–H and O–H groups in total. The first kappa shape index (κ1) is 11.9. The molecule has 0 saturated heterocycles. The molecule has 1 aromatic heterocycles. The minimum Gasteiger partial charge on any atom is -0.241 e. The molecule has 0 radical (unpaired) electrons. The van der Waals surface area contributed by atoms with E-state index in [1.165, 1.54) is 36.3 Å². The Morgan fingerprint density at radius 1 is 1.22 bits per heavy atom. The van der Waals surface area contributed by atoms with Crippen LogP contribution in [0.2, 0.25) is 0 Å². The van der Waals surface area contributed by atoms with Crippen LogP contribution in [-0.4, -0.2) is 4.98 Å². The van der Waals surface area contributed by atoms with E-state index >= 15 is 0 Å². The lowest BCUT2D eigenvalue weighted by molar-refractivity contribution is 0.521. The Morgan fingerprint density at radius 2 is 2.06 bits per heavy atom. The molecule has 1 aliphatic carbocycles. The Kier molecular flexibility index (Phi) is 3.46. The molecule has 1 aromatic carbocycles. The van der Waals surface area contributed by atoms with E-state index in [0.29, 0.717) is 0 Å². The predicted molar refractivity (Wildman–Crippen MR) is 77.9 cm³/mol. The Bertz CT molecular complexity index is 503. The molecule has 94 valence electrons. The number of benzene rings is 1. The monoisotopic (exact) mass is 257 g/mol. The molecular weight excluding hydrogens is 238 g/mol. The minimum absolute atomic E-state index is 0.720. The molecule has 0 spiro atoms. The maximum atomic E-state index is 4.85. The fourth-order valence-electron chi connectivity index (χ4n) is 2.89. The van der Waals surface area contributed by atoms with E-state index in [1.54, 1.807) is 0 Å². The average Bonchev–Trinajstić information content (AvgIpc) is 3.08. The molecular formula is C16H19NS. The number of rotatable bonds is 3. The van der Waals surface area contributed by atoms with Gasteiger partial charge in [0.25, 0.3) is 0 Å². The highest BCUT2D eigenvalue weighted by molar-refractivity contribution is 7.10. The first-order chi connectivity index (χ1) is 8.86. The summed E-state index contributed by atoms with van der Waals surface area (Å²) < 4.78 is 0. The summed E-state index contributed by atoms with van der Waals surface area (Å²) >= 11 is 1.84. The second-order valence-electron chi connectivity index (χ2n) is 5.22. The van der Waals surface area contributed by atoms with Gasteiger partial charge in [0, 0.05) is 16.9 Å². The molecule has 1 saturated carbocycles. The van der Waals surface area contributed by atoms with E-state index in [4.69, 9.17) is 4.98 Å². The van der Waals surface area contributed by atoms with Gasteiger partial charge in [-0.1, -0.05) is 43.7 Å². The van der Waals surface area contributed by atoms with Gasteiger partial charge in [-0.2, -0.15) is 0 Å². The second-order valence-corrected chi connectivity index (χ2v) is 6.11. The first-order valence-corrected chi connectivity index (χ1v) is 7.75. The predicted octanol–water partition coefficient (Wildman–Crippen LogP) is 5.10. The molecule has 0 aliphatic heterocycles. The van der Waals surface area contributed by atoms with Crippen molar-refractivity contribution in [3.63, 3.8) is 0 Å². The summed E-state index contributed by atoms with van der Waals surface area (Å²) in [5, 5.41) is 3.56. The van der Waals surface area contributed by atoms with Crippen molar-refractivity contribution in [2.45, 2.75) is 38.5 Å². The van der Waals surface area contributed by atoms with Crippen LogP contribution in [0.25, 0.3) is 11.3 Å². The zero-order chi connectivity index (χ0) is 12.4. The van der Waals surface area contributed by atoms with Gasteiger partial charge >= 0.3 is 0 Å². The van der Waals surface area contributed by atoms with Crippen molar-refractivity contribution in [3.05, 3.63) is 40.7 Å². The molecule has 2 atom stereocenters. The smallest absolute Gasteiger partial charge is 0.0963 e. The van der Waals surface area contributed by atoms with E-state index in [1.807, 2.05) is 11.3 Å². The van der Waals surface area contributed by atoms with Crippen molar-refractivity contribution in [3.8, 4) is 11.3 Å². The summed E-state index contributed by atoms with van der Waals surface area (Å²) in [5.41, 5.74) is 2.39. The van der Waals surface area contributed by atoms with Crippen molar-refractivity contribution in [1.82, 2.24) is 4.98 Å². The lowest BCUT2D eigenvalue weighted by Gasteiger charge is -2.06. The number of hydrogen-bond donors (Lipinski definition) is 0. The third-order valence-corrected chi connectivity index (χ3v) is 5.07. The number of thiazole rings is 1. The molecule has 1 aliphatic rings. The molecule has 0 amide bonds. The SMILES string of the molecule is CCC1CCC(c2nc(-c3ccccc3)cs2)C1. The standard InChI is InChI=1S/C16H19NS/c1-2-12-8-9-14(10-12)16-17-15(11-18-16)13-6-4-3-5-7-13/h3-7,11-12,14H,2,8-10H2,1H3. The van der Waals surface area contributed by atoms with Crippen LogP contribution in [0.15, 0.2) is 35.7 Å². The van der Waals surface area contributed by atoms with Gasteiger partial charge in [0.05, 0.1) is 10.7 Å². The Morgan fingerprint density at radius 3 is 2.78 bits per heavy atom. The van der Waals surface area contributed by atoms with Crippen LogP contribution in [0.1, 0.15) is 43.5 Å². The quantitative estimate of drug-likeness (QED) is 0.745. The zero-order valence-electron chi connectivity index (χ0n) is 10.8. The van der Waals surface area contributed by atoms with Crippen molar-refractivity contribution in [2.75, 3.05) is 0 Å². The van der Waals surface area contributed by atoms with Crippen LogP contribution in [0, 0.1) is 5.92 Å². The van der Waals surface area contributed by atoms with Gasteiger partial charge in [0.1, 0.15) is 0 Å². The van der Waals surface area contributed by atoms with Crippen molar-refractivity contribution >= 4 is 11.3 Å². The molecule has 2 heteroatoms. The first-order valence-electron chi connectivity index (χ1n) is 6.87. The Balaban J connectivity index is 1.78. The molecule has 3 rings (SSSR count). The van der Waals surface area contributed by atoms with Crippen LogP contribution < -0.4 is 0 Å². The van der Waals surface area contributed by atoms with Gasteiger partial charge in [0.15, 0.2) is 0 Å². The summed E-state index contributed by atoms with van der Waals surface area (Å²) in [7, 11) is 0. The normalized spacial score (nSPS) is 23.4. The zero-order valence-corrected chi connectivity index (χ0v) is 11.6. The Labute approximate surface area is 113 Å². The van der Waals surface area contributed by atoms with Gasteiger partial charge in [-0.05, 0) is 25.2 Å². The lowest BCUT2D eigenvalue weighted by atomic mass is 10.0. The second kappa shape index (κ2) is 5.23. The molecule has 1 heterocycles. The molecule has 18 heavy (non-hydrogen) atoms. The van der Waals surface area contributed by atoms with Crippen LogP contribution in [0.4, 0.5) is 0 Å². The maximum Gasteiger partial charge on any atom is 0.0963 e. The molecule has 0 bridgehead atoms. The van der Waals surface area contributed by atoms with Gasteiger partial charge in [0.2, 0.25) is 0 Å². The summed E-state index contributed by atoms with van der Waals surface area (Å²) in [6, 6.07) is 10.5. The number of hydrogen-bond acceptors (Lipinski definition) is 2. The van der Waals surface area contributed by atoms with Gasteiger partial charge < -0.3 is 0 Å². The van der Waals surface area contributed by atoms with E-state index in [2.05, 4.69) is 42.6 Å². The van der Waals surface area contributed by atoms with Crippen molar-refractivity contribution < 1.29 is 0 Å². The fraction of sp³-hybridized carbons (Fsp3) is 0.438. The van der Waals surface area contributed by atoms with Gasteiger partial charge in [-0.25, -0.2) is 4.98 Å². The third-order valence-electron chi connectivity index (χ3n) is 4.06. The van der Waals surface area contributed by atoms with E-state index in [0.717, 1.165) is 17.5 Å². The summed E-state index contributed by atoms with van der Waals surface area (Å²) in [4.78, 5) is 4.85. The highest BCUT2D eigenvalue weighted by Crippen LogP contribution is 2.41. The van der Waals surface area contributed by atoms with E-state index in [-0.39, 0.29) is 0 Å². The Hall–Kier alpha value is -1.15. The topological polar surface area (TPSA) is 12.9 Å². The highest BCUT2D eigenvalue weighted by Gasteiger charge is 2.26. The minimum atomic E-state index is 0.720. The molecule has 1 fully saturated rings. The summed E-state index contributed by atoms with van der Waals surface area (Å²) in [6.45, 7) is 2.31. The number of nitrogens with zero attached hydrogens (tertiary/aromatic N) is 1. The van der Waals surface area contributed by atoms with Gasteiger partial charge in [-0.3, -0.25) is 0 Å². The van der Waals surface area contributed by atoms with Gasteiger partial charge in [-0.15, -0.1) is 11.3 Å². The van der Waals surface area contributed by atoms with Crippen LogP contribution in [0.5, 0.6) is 0 Å². The van der Waals surface area contributed by atoms with Crippen LogP contribution in [-0.2, 0) is 0 Å². The average molecular weight is 257 g/mol. The summed E-state index contributed by atoms with van der Waals surface area (Å²) in [5.74, 6) is 1.65. The molecule has 1 nitrogen and oxygen atoms in total. The fourth-order valence-corrected chi connectivity index (χ4v) is 3.87. The van der Waals surface area contributed by atoms with Crippen LogP contribution >= 0.6 is 11.3 Å². The van der Waals surface area contributed by atoms with E-state index in [9.17, 15) is 0 Å². The third kappa shape index (κ3) is 2.35. The highest BCUT2D eigenvalue weighted by atomic mass is 32.1. The molecule has 2 unspecified atom stereocenters. The van der Waals surface area contributed by atoms with Crippen molar-refractivity contribution in [1.29, 1.82) is 0 Å².